The van der Waals surface area contributed by atoms with Crippen molar-refractivity contribution in [1.82, 2.24) is 14.5 Å². The summed E-state index contributed by atoms with van der Waals surface area (Å²) < 4.78 is 28.2. The van der Waals surface area contributed by atoms with E-state index < -0.39 is 34.2 Å². The van der Waals surface area contributed by atoms with Crippen molar-refractivity contribution in [2.75, 3.05) is 24.9 Å². The van der Waals surface area contributed by atoms with Crippen molar-refractivity contribution in [2.24, 2.45) is 0 Å². The van der Waals surface area contributed by atoms with Gasteiger partial charge in [0.15, 0.2) is 0 Å². The van der Waals surface area contributed by atoms with Crippen molar-refractivity contribution in [3.05, 3.63) is 65.2 Å². The third-order valence-electron chi connectivity index (χ3n) is 5.03. The Labute approximate surface area is 207 Å². The van der Waals surface area contributed by atoms with Crippen LogP contribution >= 0.6 is 11.6 Å². The maximum atomic E-state index is 13.6. The molecule has 0 heterocycles. The van der Waals surface area contributed by atoms with E-state index in [0.717, 1.165) is 8.61 Å². The van der Waals surface area contributed by atoms with Crippen molar-refractivity contribution in [2.45, 2.75) is 45.8 Å². The van der Waals surface area contributed by atoms with Gasteiger partial charge in [-0.25, -0.2) is 4.31 Å². The van der Waals surface area contributed by atoms with Gasteiger partial charge in [0, 0.05) is 31.2 Å². The summed E-state index contributed by atoms with van der Waals surface area (Å²) >= 11 is 6.33. The zero-order chi connectivity index (χ0) is 25.7. The van der Waals surface area contributed by atoms with Crippen molar-refractivity contribution >= 4 is 39.3 Å². The lowest BCUT2D eigenvalue weighted by Crippen LogP contribution is -2.55. The van der Waals surface area contributed by atoms with Crippen molar-refractivity contribution < 1.29 is 18.0 Å². The minimum absolute atomic E-state index is 0.0435. The van der Waals surface area contributed by atoms with Gasteiger partial charge >= 0.3 is 10.2 Å². The van der Waals surface area contributed by atoms with E-state index in [0.29, 0.717) is 16.3 Å². The summed E-state index contributed by atoms with van der Waals surface area (Å²) in [6.07, 6.45) is 0. The molecule has 1 N–H and O–H groups in total. The number of nitrogens with one attached hydrogen (secondary N) is 1. The molecule has 0 spiro atoms. The average molecular weight is 509 g/mol. The molecule has 2 rings (SSSR count). The second-order valence-electron chi connectivity index (χ2n) is 9.16. The number of anilines is 1. The second kappa shape index (κ2) is 11.2. The van der Waals surface area contributed by atoms with Crippen LogP contribution in [0.2, 0.25) is 5.02 Å². The van der Waals surface area contributed by atoms with Crippen LogP contribution in [0.15, 0.2) is 54.6 Å². The van der Waals surface area contributed by atoms with Crippen LogP contribution in [0.4, 0.5) is 5.69 Å². The third kappa shape index (κ3) is 7.19. The molecule has 1 atom stereocenters. The molecule has 10 heteroatoms. The van der Waals surface area contributed by atoms with Gasteiger partial charge in [0.2, 0.25) is 11.8 Å². The number of carbonyl (C=O) groups is 2. The minimum Gasteiger partial charge on any atom is -0.350 e. The molecular formula is C24H33ClN4O4S. The van der Waals surface area contributed by atoms with Crippen LogP contribution in [0, 0.1) is 0 Å². The van der Waals surface area contributed by atoms with E-state index in [9.17, 15) is 18.0 Å². The fraction of sp³-hybridized carbons (Fsp3) is 0.417. The number of para-hydroxylation sites is 1. The predicted octanol–water partition coefficient (Wildman–Crippen LogP) is 3.28. The van der Waals surface area contributed by atoms with E-state index in [4.69, 9.17) is 11.6 Å². The quantitative estimate of drug-likeness (QED) is 0.562. The number of hydrogen-bond donors (Lipinski definition) is 1. The van der Waals surface area contributed by atoms with Crippen molar-refractivity contribution in [3.63, 3.8) is 0 Å². The number of amides is 2. The van der Waals surface area contributed by atoms with Gasteiger partial charge in [-0.1, -0.05) is 48.0 Å². The molecule has 2 aromatic carbocycles. The van der Waals surface area contributed by atoms with Gasteiger partial charge in [-0.15, -0.1) is 0 Å². The highest BCUT2D eigenvalue weighted by Gasteiger charge is 2.33. The van der Waals surface area contributed by atoms with E-state index >= 15 is 0 Å². The zero-order valence-corrected chi connectivity index (χ0v) is 22.0. The molecule has 0 aliphatic heterocycles. The molecule has 8 nitrogen and oxygen atoms in total. The number of carbonyl (C=O) groups excluding carboxylic acids is 2. The molecule has 0 fully saturated rings. The Bertz CT molecular complexity index is 1100. The van der Waals surface area contributed by atoms with Crippen LogP contribution in [0.25, 0.3) is 0 Å². The Hall–Kier alpha value is -2.62. The van der Waals surface area contributed by atoms with Gasteiger partial charge in [0.25, 0.3) is 0 Å². The van der Waals surface area contributed by atoms with E-state index in [1.807, 2.05) is 20.8 Å². The van der Waals surface area contributed by atoms with Crippen LogP contribution in [-0.2, 0) is 26.3 Å². The lowest BCUT2D eigenvalue weighted by molar-refractivity contribution is -0.140. The standard InChI is InChI=1S/C24H33ClN4O4S/c1-18(23(31)26-24(2,3)4)28(16-19-12-10-11-15-21(19)25)22(30)17-29(34(32,33)27(5)6)20-13-8-7-9-14-20/h7-15,18H,16-17H2,1-6H3,(H,26,31). The molecular weight excluding hydrogens is 476 g/mol. The number of halogens is 1. The van der Waals surface area contributed by atoms with Crippen LogP contribution in [0.3, 0.4) is 0 Å². The van der Waals surface area contributed by atoms with E-state index in [1.54, 1.807) is 61.5 Å². The highest BCUT2D eigenvalue weighted by atomic mass is 35.5. The topological polar surface area (TPSA) is 90.0 Å². The lowest BCUT2D eigenvalue weighted by Gasteiger charge is -2.34. The molecule has 0 bridgehead atoms. The molecule has 186 valence electrons. The van der Waals surface area contributed by atoms with Crippen molar-refractivity contribution in [1.29, 1.82) is 0 Å². The van der Waals surface area contributed by atoms with Gasteiger partial charge < -0.3 is 10.2 Å². The Morgan fingerprint density at radius 3 is 2.09 bits per heavy atom. The molecule has 2 aromatic rings. The molecule has 0 saturated carbocycles. The molecule has 0 aromatic heterocycles. The first-order valence-corrected chi connectivity index (χ1v) is 12.6. The van der Waals surface area contributed by atoms with Crippen LogP contribution < -0.4 is 9.62 Å². The first kappa shape index (κ1) is 27.6. The predicted molar refractivity (Wildman–Crippen MR) is 136 cm³/mol. The SMILES string of the molecule is CC(C(=O)NC(C)(C)C)N(Cc1ccccc1Cl)C(=O)CN(c1ccccc1)S(=O)(=O)N(C)C. The lowest BCUT2D eigenvalue weighted by atomic mass is 10.1. The van der Waals surface area contributed by atoms with Gasteiger partial charge in [-0.3, -0.25) is 9.59 Å². The maximum absolute atomic E-state index is 13.6. The number of benzene rings is 2. The molecule has 34 heavy (non-hydrogen) atoms. The molecule has 2 amide bonds. The first-order valence-electron chi connectivity index (χ1n) is 10.8. The third-order valence-corrected chi connectivity index (χ3v) is 7.22. The number of hydrogen-bond acceptors (Lipinski definition) is 4. The summed E-state index contributed by atoms with van der Waals surface area (Å²) in [7, 11) is -1.18. The van der Waals surface area contributed by atoms with E-state index in [-0.39, 0.29) is 12.5 Å². The van der Waals surface area contributed by atoms with E-state index in [1.165, 1.54) is 19.0 Å². The maximum Gasteiger partial charge on any atom is 0.304 e. The summed E-state index contributed by atoms with van der Waals surface area (Å²) in [6, 6.07) is 14.5. The van der Waals surface area contributed by atoms with Gasteiger partial charge in [0.1, 0.15) is 12.6 Å². The minimum atomic E-state index is -3.98. The Kier molecular flexibility index (Phi) is 9.10. The van der Waals surface area contributed by atoms with Crippen molar-refractivity contribution in [3.8, 4) is 0 Å². The van der Waals surface area contributed by atoms with Crippen LogP contribution in [0.1, 0.15) is 33.3 Å². The Balaban J connectivity index is 2.46. The smallest absolute Gasteiger partial charge is 0.304 e. The monoisotopic (exact) mass is 508 g/mol. The second-order valence-corrected chi connectivity index (χ2v) is 11.6. The average Bonchev–Trinajstić information content (AvgIpc) is 2.75. The van der Waals surface area contributed by atoms with E-state index in [2.05, 4.69) is 5.32 Å². The Morgan fingerprint density at radius 2 is 1.56 bits per heavy atom. The summed E-state index contributed by atoms with van der Waals surface area (Å²) in [6.45, 7) is 6.71. The summed E-state index contributed by atoms with van der Waals surface area (Å²) in [5.74, 6) is -0.889. The molecule has 0 aliphatic carbocycles. The van der Waals surface area contributed by atoms with Gasteiger partial charge in [-0.05, 0) is 51.5 Å². The summed E-state index contributed by atoms with van der Waals surface area (Å²) in [5.41, 5.74) is 0.484. The molecule has 1 unspecified atom stereocenters. The Morgan fingerprint density at radius 1 is 1.00 bits per heavy atom. The number of rotatable bonds is 9. The summed E-state index contributed by atoms with van der Waals surface area (Å²) in [4.78, 5) is 27.9. The van der Waals surface area contributed by atoms with Gasteiger partial charge in [0.05, 0.1) is 5.69 Å². The first-order chi connectivity index (χ1) is 15.7. The molecule has 0 aliphatic rings. The summed E-state index contributed by atoms with van der Waals surface area (Å²) in [5, 5.41) is 3.33. The fourth-order valence-electron chi connectivity index (χ4n) is 3.18. The van der Waals surface area contributed by atoms with Crippen LogP contribution in [-0.4, -0.2) is 61.7 Å². The van der Waals surface area contributed by atoms with Crippen LogP contribution in [0.5, 0.6) is 0 Å². The molecule has 0 saturated heterocycles. The molecule has 0 radical (unpaired) electrons. The largest absolute Gasteiger partial charge is 0.350 e. The highest BCUT2D eigenvalue weighted by Crippen LogP contribution is 2.22. The highest BCUT2D eigenvalue weighted by molar-refractivity contribution is 7.90. The fourth-order valence-corrected chi connectivity index (χ4v) is 4.43. The number of nitrogens with zero attached hydrogens (tertiary/aromatic N) is 3. The van der Waals surface area contributed by atoms with Gasteiger partial charge in [-0.2, -0.15) is 12.7 Å². The zero-order valence-electron chi connectivity index (χ0n) is 20.4. The normalized spacial score (nSPS) is 12.8.